The molecule has 0 spiro atoms. The summed E-state index contributed by atoms with van der Waals surface area (Å²) < 4.78 is -0.657. The maximum absolute atomic E-state index is 12.9. The molecule has 0 aromatic heterocycles. The van der Waals surface area contributed by atoms with Crippen molar-refractivity contribution in [3.63, 3.8) is 0 Å². The van der Waals surface area contributed by atoms with E-state index < -0.39 is 28.9 Å². The third-order valence-electron chi connectivity index (χ3n) is 3.90. The SMILES string of the molecule is C=C[C@H]1[C@H](O)[C@H](O)[C@@H](C)[N+]1([O-])Cc1ccccc1. The maximum Gasteiger partial charge on any atom is 0.141 e. The highest BCUT2D eigenvalue weighted by Crippen LogP contribution is 2.35. The van der Waals surface area contributed by atoms with E-state index in [9.17, 15) is 15.4 Å². The summed E-state index contributed by atoms with van der Waals surface area (Å²) in [7, 11) is 0. The molecule has 0 radical (unpaired) electrons. The lowest BCUT2D eigenvalue weighted by Gasteiger charge is -2.47. The number of hydrogen-bond acceptors (Lipinski definition) is 3. The molecule has 18 heavy (non-hydrogen) atoms. The predicted octanol–water partition coefficient (Wildman–Crippen LogP) is 1.18. The second-order valence-electron chi connectivity index (χ2n) is 4.95. The summed E-state index contributed by atoms with van der Waals surface area (Å²) in [6, 6.07) is 8.14. The van der Waals surface area contributed by atoms with Gasteiger partial charge in [-0.2, -0.15) is 0 Å². The third-order valence-corrected chi connectivity index (χ3v) is 3.90. The summed E-state index contributed by atoms with van der Waals surface area (Å²) in [6.45, 7) is 5.52. The summed E-state index contributed by atoms with van der Waals surface area (Å²) in [5.41, 5.74) is 0.896. The van der Waals surface area contributed by atoms with Gasteiger partial charge in [0, 0.05) is 5.56 Å². The minimum atomic E-state index is -1.04. The first-order valence-electron chi connectivity index (χ1n) is 6.11. The molecule has 1 aliphatic heterocycles. The summed E-state index contributed by atoms with van der Waals surface area (Å²) in [5.74, 6) is 0. The lowest BCUT2D eigenvalue weighted by Crippen LogP contribution is -2.51. The lowest BCUT2D eigenvalue weighted by molar-refractivity contribution is -0.923. The fraction of sp³-hybridized carbons (Fsp3) is 0.429. The van der Waals surface area contributed by atoms with Crippen molar-refractivity contribution in [3.05, 3.63) is 53.8 Å². The van der Waals surface area contributed by atoms with Crippen molar-refractivity contribution in [2.75, 3.05) is 0 Å². The molecule has 0 saturated carbocycles. The Balaban J connectivity index is 2.30. The summed E-state index contributed by atoms with van der Waals surface area (Å²) >= 11 is 0. The first kappa shape index (κ1) is 13.2. The molecule has 4 nitrogen and oxygen atoms in total. The predicted molar refractivity (Wildman–Crippen MR) is 69.2 cm³/mol. The molecule has 2 rings (SSSR count). The molecule has 1 aromatic rings. The van der Waals surface area contributed by atoms with Crippen LogP contribution in [0.1, 0.15) is 12.5 Å². The first-order chi connectivity index (χ1) is 8.50. The molecule has 4 heteroatoms. The molecule has 98 valence electrons. The Morgan fingerprint density at radius 2 is 1.89 bits per heavy atom. The van der Waals surface area contributed by atoms with Crippen molar-refractivity contribution < 1.29 is 14.9 Å². The molecule has 1 unspecified atom stereocenters. The molecule has 1 fully saturated rings. The molecule has 1 saturated heterocycles. The van der Waals surface area contributed by atoms with Gasteiger partial charge in [0.15, 0.2) is 0 Å². The molecule has 1 aromatic carbocycles. The fourth-order valence-electron chi connectivity index (χ4n) is 2.71. The number of nitrogens with zero attached hydrogens (tertiary/aromatic N) is 1. The van der Waals surface area contributed by atoms with E-state index in [2.05, 4.69) is 6.58 Å². The number of aliphatic hydroxyl groups is 2. The Hall–Kier alpha value is -1.20. The van der Waals surface area contributed by atoms with Crippen molar-refractivity contribution in [2.24, 2.45) is 0 Å². The summed E-state index contributed by atoms with van der Waals surface area (Å²) in [5, 5.41) is 32.7. The fourth-order valence-corrected chi connectivity index (χ4v) is 2.71. The van der Waals surface area contributed by atoms with E-state index in [1.54, 1.807) is 6.92 Å². The number of hydroxylamine groups is 3. The first-order valence-corrected chi connectivity index (χ1v) is 6.11. The van der Waals surface area contributed by atoms with Crippen LogP contribution >= 0.6 is 0 Å². The monoisotopic (exact) mass is 249 g/mol. The smallest absolute Gasteiger partial charge is 0.141 e. The van der Waals surface area contributed by atoms with E-state index in [4.69, 9.17) is 0 Å². The second-order valence-corrected chi connectivity index (χ2v) is 4.95. The van der Waals surface area contributed by atoms with Crippen molar-refractivity contribution in [1.82, 2.24) is 0 Å². The minimum Gasteiger partial charge on any atom is -0.632 e. The zero-order valence-electron chi connectivity index (χ0n) is 10.4. The zero-order chi connectivity index (χ0) is 13.3. The van der Waals surface area contributed by atoms with Crippen LogP contribution in [0, 0.1) is 5.21 Å². The largest absolute Gasteiger partial charge is 0.632 e. The summed E-state index contributed by atoms with van der Waals surface area (Å²) in [4.78, 5) is 0. The second kappa shape index (κ2) is 4.82. The topological polar surface area (TPSA) is 63.5 Å². The average molecular weight is 249 g/mol. The number of rotatable bonds is 3. The Bertz CT molecular complexity index is 422. The standard InChI is InChI=1S/C14H19NO3/c1-3-12-14(17)13(16)10(2)15(12,18)9-11-7-5-4-6-8-11/h3-8,10,12-14,16-17H,1,9H2,2H3/t10-,12+,13-,14+,15?/m1/s1. The van der Waals surface area contributed by atoms with Crippen LogP contribution in [0.2, 0.25) is 0 Å². The van der Waals surface area contributed by atoms with Crippen LogP contribution in [0.25, 0.3) is 0 Å². The van der Waals surface area contributed by atoms with Gasteiger partial charge in [0.25, 0.3) is 0 Å². The Kier molecular flexibility index (Phi) is 3.54. The van der Waals surface area contributed by atoms with Crippen LogP contribution in [0.3, 0.4) is 0 Å². The van der Waals surface area contributed by atoms with E-state index >= 15 is 0 Å². The van der Waals surface area contributed by atoms with Gasteiger partial charge in [-0.1, -0.05) is 36.9 Å². The van der Waals surface area contributed by atoms with Gasteiger partial charge in [-0.15, -0.1) is 0 Å². The van der Waals surface area contributed by atoms with E-state index in [1.807, 2.05) is 30.3 Å². The number of benzene rings is 1. The average Bonchev–Trinajstić information content (AvgIpc) is 2.52. The molecule has 1 heterocycles. The Morgan fingerprint density at radius 1 is 1.28 bits per heavy atom. The molecule has 5 atom stereocenters. The van der Waals surface area contributed by atoms with Gasteiger partial charge in [0.1, 0.15) is 30.8 Å². The minimum absolute atomic E-state index is 0.229. The molecular weight excluding hydrogens is 230 g/mol. The lowest BCUT2D eigenvalue weighted by atomic mass is 10.1. The quantitative estimate of drug-likeness (QED) is 0.480. The van der Waals surface area contributed by atoms with Crippen LogP contribution < -0.4 is 0 Å². The van der Waals surface area contributed by atoms with Crippen molar-refractivity contribution >= 4 is 0 Å². The molecule has 1 aliphatic rings. The van der Waals surface area contributed by atoms with Gasteiger partial charge >= 0.3 is 0 Å². The molecule has 0 aliphatic carbocycles. The number of likely N-dealkylation sites (tertiary alicyclic amines) is 1. The van der Waals surface area contributed by atoms with Gasteiger partial charge < -0.3 is 20.1 Å². The highest BCUT2D eigenvalue weighted by atomic mass is 16.6. The van der Waals surface area contributed by atoms with Crippen LogP contribution in [0.15, 0.2) is 43.0 Å². The van der Waals surface area contributed by atoms with Crippen LogP contribution in [0.5, 0.6) is 0 Å². The zero-order valence-corrected chi connectivity index (χ0v) is 10.4. The number of quaternary nitrogens is 1. The van der Waals surface area contributed by atoms with Crippen LogP contribution in [-0.2, 0) is 6.54 Å². The molecule has 0 amide bonds. The number of hydrogen-bond donors (Lipinski definition) is 2. The van der Waals surface area contributed by atoms with Gasteiger partial charge in [0.2, 0.25) is 0 Å². The maximum atomic E-state index is 12.9. The van der Waals surface area contributed by atoms with E-state index in [0.717, 1.165) is 5.56 Å². The van der Waals surface area contributed by atoms with Crippen molar-refractivity contribution in [1.29, 1.82) is 0 Å². The van der Waals surface area contributed by atoms with Crippen molar-refractivity contribution in [2.45, 2.75) is 37.8 Å². The van der Waals surface area contributed by atoms with E-state index in [1.165, 1.54) is 6.08 Å². The van der Waals surface area contributed by atoms with Gasteiger partial charge in [-0.05, 0) is 13.0 Å². The third kappa shape index (κ3) is 1.97. The highest BCUT2D eigenvalue weighted by Gasteiger charge is 2.52. The Morgan fingerprint density at radius 3 is 2.44 bits per heavy atom. The normalized spacial score (nSPS) is 39.8. The Labute approximate surface area is 107 Å². The molecule has 0 bridgehead atoms. The van der Waals surface area contributed by atoms with E-state index in [0.29, 0.717) is 0 Å². The van der Waals surface area contributed by atoms with Crippen LogP contribution in [0.4, 0.5) is 0 Å². The number of aliphatic hydroxyl groups excluding tert-OH is 2. The van der Waals surface area contributed by atoms with Gasteiger partial charge in [-0.25, -0.2) is 0 Å². The van der Waals surface area contributed by atoms with Gasteiger partial charge in [-0.3, -0.25) is 0 Å². The van der Waals surface area contributed by atoms with E-state index in [-0.39, 0.29) is 6.54 Å². The van der Waals surface area contributed by atoms with Crippen molar-refractivity contribution in [3.8, 4) is 0 Å². The van der Waals surface area contributed by atoms with Gasteiger partial charge in [0.05, 0.1) is 0 Å². The molecule has 2 N–H and O–H groups in total. The van der Waals surface area contributed by atoms with Crippen LogP contribution in [-0.4, -0.2) is 39.2 Å². The molecular formula is C14H19NO3. The highest BCUT2D eigenvalue weighted by molar-refractivity contribution is 5.14. The summed E-state index contributed by atoms with van der Waals surface area (Å²) in [6.07, 6.45) is -0.597.